The first-order valence-electron chi connectivity index (χ1n) is 3.86. The molecule has 0 amide bonds. The molecule has 0 aromatic rings. The normalized spacial score (nSPS) is 12.8. The van der Waals surface area contributed by atoms with E-state index < -0.39 is 12.0 Å². The lowest BCUT2D eigenvalue weighted by molar-refractivity contribution is -0.138. The van der Waals surface area contributed by atoms with E-state index in [0.29, 0.717) is 13.2 Å². The largest absolute Gasteiger partial charge is 0.480 e. The molecule has 0 spiro atoms. The molecule has 0 fully saturated rings. The molecule has 0 aliphatic heterocycles. The molecule has 12 heavy (non-hydrogen) atoms. The maximum Gasteiger partial charge on any atom is 0.321 e. The van der Waals surface area contributed by atoms with Gasteiger partial charge in [-0.05, 0) is 13.0 Å². The molecule has 0 aromatic heterocycles. The van der Waals surface area contributed by atoms with Gasteiger partial charge in [-0.2, -0.15) is 0 Å². The summed E-state index contributed by atoms with van der Waals surface area (Å²) in [6, 6.07) is -0.812. The number of carbonyl (C=O) groups is 1. The van der Waals surface area contributed by atoms with E-state index in [1.807, 2.05) is 0 Å². The quantitative estimate of drug-likeness (QED) is 0.434. The van der Waals surface area contributed by atoms with Gasteiger partial charge < -0.3 is 20.9 Å². The molecule has 0 radical (unpaired) electrons. The molecule has 0 saturated carbocycles. The summed E-state index contributed by atoms with van der Waals surface area (Å²) >= 11 is 0. The molecule has 0 aromatic carbocycles. The number of nitrogens with two attached hydrogens (primary N) is 1. The van der Waals surface area contributed by atoms with E-state index in [2.05, 4.69) is 5.32 Å². The predicted octanol–water partition coefficient (Wildman–Crippen LogP) is -0.976. The number of aliphatic carboxylic acids is 1. The third kappa shape index (κ3) is 6.09. The Hall–Kier alpha value is -0.650. The first kappa shape index (κ1) is 11.4. The second-order valence-electron chi connectivity index (χ2n) is 2.50. The topological polar surface area (TPSA) is 84.6 Å². The first-order valence-corrected chi connectivity index (χ1v) is 3.86. The SMILES string of the molecule is COCCCNCC(N)C(=O)O. The van der Waals surface area contributed by atoms with Gasteiger partial charge in [0.2, 0.25) is 0 Å². The van der Waals surface area contributed by atoms with Crippen LogP contribution in [0, 0.1) is 0 Å². The van der Waals surface area contributed by atoms with Crippen molar-refractivity contribution in [1.29, 1.82) is 0 Å². The Morgan fingerprint density at radius 3 is 2.92 bits per heavy atom. The second-order valence-corrected chi connectivity index (χ2v) is 2.50. The van der Waals surface area contributed by atoms with Gasteiger partial charge in [0.05, 0.1) is 0 Å². The molecule has 1 unspecified atom stereocenters. The van der Waals surface area contributed by atoms with Gasteiger partial charge in [0.25, 0.3) is 0 Å². The number of hydrogen-bond donors (Lipinski definition) is 3. The van der Waals surface area contributed by atoms with Crippen molar-refractivity contribution in [3.8, 4) is 0 Å². The minimum Gasteiger partial charge on any atom is -0.480 e. The highest BCUT2D eigenvalue weighted by atomic mass is 16.5. The van der Waals surface area contributed by atoms with Crippen LogP contribution in [0.25, 0.3) is 0 Å². The number of carboxylic acids is 1. The molecule has 0 rings (SSSR count). The number of nitrogens with one attached hydrogen (secondary N) is 1. The molecule has 0 saturated heterocycles. The first-order chi connectivity index (χ1) is 5.68. The summed E-state index contributed by atoms with van der Waals surface area (Å²) in [7, 11) is 1.63. The standard InChI is InChI=1S/C7H16N2O3/c1-12-4-2-3-9-5-6(8)7(10)11/h6,9H,2-5,8H2,1H3,(H,10,11). The van der Waals surface area contributed by atoms with Crippen LogP contribution < -0.4 is 11.1 Å². The van der Waals surface area contributed by atoms with Gasteiger partial charge in [-0.3, -0.25) is 4.79 Å². The maximum atomic E-state index is 10.2. The van der Waals surface area contributed by atoms with E-state index in [9.17, 15) is 4.79 Å². The van der Waals surface area contributed by atoms with Crippen molar-refractivity contribution in [1.82, 2.24) is 5.32 Å². The molecule has 1 atom stereocenters. The fourth-order valence-corrected chi connectivity index (χ4v) is 0.686. The number of carboxylic acid groups (broad SMARTS) is 1. The van der Waals surface area contributed by atoms with Gasteiger partial charge in [-0.1, -0.05) is 0 Å². The van der Waals surface area contributed by atoms with Crippen LogP contribution in [-0.2, 0) is 9.53 Å². The average Bonchev–Trinajstić information content (AvgIpc) is 2.03. The van der Waals surface area contributed by atoms with Crippen molar-refractivity contribution in [2.24, 2.45) is 5.73 Å². The van der Waals surface area contributed by atoms with E-state index in [-0.39, 0.29) is 0 Å². The van der Waals surface area contributed by atoms with Crippen molar-refractivity contribution in [2.45, 2.75) is 12.5 Å². The Kier molecular flexibility index (Phi) is 6.64. The fraction of sp³-hybridized carbons (Fsp3) is 0.857. The Morgan fingerprint density at radius 2 is 2.42 bits per heavy atom. The van der Waals surface area contributed by atoms with Crippen molar-refractivity contribution >= 4 is 5.97 Å². The van der Waals surface area contributed by atoms with E-state index >= 15 is 0 Å². The molecule has 4 N–H and O–H groups in total. The summed E-state index contributed by atoms with van der Waals surface area (Å²) < 4.78 is 4.81. The summed E-state index contributed by atoms with van der Waals surface area (Å²) in [6.07, 6.45) is 0.864. The molecule has 0 aliphatic carbocycles. The summed E-state index contributed by atoms with van der Waals surface area (Å²) in [6.45, 7) is 1.71. The zero-order valence-corrected chi connectivity index (χ0v) is 7.25. The third-order valence-electron chi connectivity index (χ3n) is 1.38. The second kappa shape index (κ2) is 7.02. The monoisotopic (exact) mass is 176 g/mol. The van der Waals surface area contributed by atoms with Crippen molar-refractivity contribution in [3.05, 3.63) is 0 Å². The van der Waals surface area contributed by atoms with Gasteiger partial charge >= 0.3 is 5.97 Å². The zero-order chi connectivity index (χ0) is 9.40. The molecular weight excluding hydrogens is 160 g/mol. The molecular formula is C7H16N2O3. The average molecular weight is 176 g/mol. The van der Waals surface area contributed by atoms with Gasteiger partial charge in [0.1, 0.15) is 6.04 Å². The van der Waals surface area contributed by atoms with E-state index in [1.165, 1.54) is 0 Å². The molecule has 0 heterocycles. The van der Waals surface area contributed by atoms with Crippen LogP contribution in [0.15, 0.2) is 0 Å². The van der Waals surface area contributed by atoms with Gasteiger partial charge in [-0.25, -0.2) is 0 Å². The molecule has 0 aliphatic rings. The van der Waals surface area contributed by atoms with Gasteiger partial charge in [0, 0.05) is 20.3 Å². The highest BCUT2D eigenvalue weighted by molar-refractivity contribution is 5.73. The summed E-state index contributed by atoms with van der Waals surface area (Å²) in [5.74, 6) is -0.978. The van der Waals surface area contributed by atoms with Crippen LogP contribution in [0.3, 0.4) is 0 Å². The number of methoxy groups -OCH3 is 1. The fourth-order valence-electron chi connectivity index (χ4n) is 0.686. The Bertz CT molecular complexity index is 130. The van der Waals surface area contributed by atoms with Gasteiger partial charge in [-0.15, -0.1) is 0 Å². The predicted molar refractivity (Wildman–Crippen MR) is 45.0 cm³/mol. The van der Waals surface area contributed by atoms with Crippen molar-refractivity contribution < 1.29 is 14.6 Å². The van der Waals surface area contributed by atoms with Crippen LogP contribution in [0.1, 0.15) is 6.42 Å². The molecule has 5 nitrogen and oxygen atoms in total. The van der Waals surface area contributed by atoms with Crippen LogP contribution in [-0.4, -0.2) is 43.9 Å². The van der Waals surface area contributed by atoms with Crippen LogP contribution >= 0.6 is 0 Å². The third-order valence-corrected chi connectivity index (χ3v) is 1.38. The summed E-state index contributed by atoms with van der Waals surface area (Å²) in [5.41, 5.74) is 5.24. The molecule has 0 bridgehead atoms. The van der Waals surface area contributed by atoms with Crippen LogP contribution in [0.5, 0.6) is 0 Å². The Labute approximate surface area is 71.9 Å². The van der Waals surface area contributed by atoms with E-state index in [0.717, 1.165) is 13.0 Å². The highest BCUT2D eigenvalue weighted by Gasteiger charge is 2.09. The minimum atomic E-state index is -0.978. The lowest BCUT2D eigenvalue weighted by Crippen LogP contribution is -2.40. The molecule has 5 heteroatoms. The zero-order valence-electron chi connectivity index (χ0n) is 7.25. The lowest BCUT2D eigenvalue weighted by atomic mass is 10.3. The summed E-state index contributed by atoms with van der Waals surface area (Å²) in [4.78, 5) is 10.2. The Morgan fingerprint density at radius 1 is 1.75 bits per heavy atom. The number of hydrogen-bond acceptors (Lipinski definition) is 4. The van der Waals surface area contributed by atoms with E-state index in [4.69, 9.17) is 15.6 Å². The van der Waals surface area contributed by atoms with Crippen molar-refractivity contribution in [3.63, 3.8) is 0 Å². The van der Waals surface area contributed by atoms with E-state index in [1.54, 1.807) is 7.11 Å². The number of ether oxygens (including phenoxy) is 1. The summed E-state index contributed by atoms with van der Waals surface area (Å²) in [5, 5.41) is 11.3. The van der Waals surface area contributed by atoms with Crippen molar-refractivity contribution in [2.75, 3.05) is 26.8 Å². The highest BCUT2D eigenvalue weighted by Crippen LogP contribution is 1.79. The lowest BCUT2D eigenvalue weighted by Gasteiger charge is -2.07. The number of rotatable bonds is 7. The van der Waals surface area contributed by atoms with Crippen LogP contribution in [0.2, 0.25) is 0 Å². The minimum absolute atomic E-state index is 0.305. The smallest absolute Gasteiger partial charge is 0.321 e. The van der Waals surface area contributed by atoms with Crippen LogP contribution in [0.4, 0.5) is 0 Å². The Balaban J connectivity index is 3.14. The maximum absolute atomic E-state index is 10.2. The molecule has 72 valence electrons. The van der Waals surface area contributed by atoms with Gasteiger partial charge in [0.15, 0.2) is 0 Å².